The molecule has 1 fully saturated rings. The number of aromatic nitrogens is 3. The zero-order chi connectivity index (χ0) is 11.1. The summed E-state index contributed by atoms with van der Waals surface area (Å²) in [4.78, 5) is 27.3. The number of aromatic amines is 2. The second-order valence-electron chi connectivity index (χ2n) is 4.16. The quantitative estimate of drug-likeness (QED) is 0.747. The molecule has 6 heteroatoms. The maximum atomic E-state index is 11.4. The van der Waals surface area contributed by atoms with E-state index in [0.29, 0.717) is 11.3 Å². The van der Waals surface area contributed by atoms with Gasteiger partial charge in [0.05, 0.1) is 0 Å². The molecule has 0 saturated heterocycles. The standard InChI is InChI=1S/C10H11N3O3/c14-9-7-6(11-10(15)12-9)8(16-13-7)5-3-1-2-4-5/h5H,1-4H2,(H2,11,12,14,15). The van der Waals surface area contributed by atoms with Gasteiger partial charge >= 0.3 is 5.69 Å². The van der Waals surface area contributed by atoms with Crippen LogP contribution in [0, 0.1) is 0 Å². The van der Waals surface area contributed by atoms with Crippen molar-refractivity contribution in [1.29, 1.82) is 0 Å². The van der Waals surface area contributed by atoms with Crippen LogP contribution in [-0.2, 0) is 0 Å². The third-order valence-electron chi connectivity index (χ3n) is 3.13. The van der Waals surface area contributed by atoms with Crippen LogP contribution < -0.4 is 11.2 Å². The molecule has 0 atom stereocenters. The van der Waals surface area contributed by atoms with Crippen molar-refractivity contribution >= 4 is 11.0 Å². The Kier molecular flexibility index (Phi) is 1.95. The molecule has 3 rings (SSSR count). The minimum atomic E-state index is -0.514. The van der Waals surface area contributed by atoms with Crippen molar-refractivity contribution in [3.8, 4) is 0 Å². The number of hydrogen-bond acceptors (Lipinski definition) is 4. The minimum absolute atomic E-state index is 0.182. The molecular weight excluding hydrogens is 210 g/mol. The van der Waals surface area contributed by atoms with Crippen molar-refractivity contribution in [3.05, 3.63) is 26.6 Å². The summed E-state index contributed by atoms with van der Waals surface area (Å²) in [5.41, 5.74) is -0.367. The Hall–Kier alpha value is -1.85. The molecule has 0 spiro atoms. The van der Waals surface area contributed by atoms with Crippen LogP contribution in [0.5, 0.6) is 0 Å². The van der Waals surface area contributed by atoms with E-state index in [1.165, 1.54) is 0 Å². The Morgan fingerprint density at radius 3 is 2.69 bits per heavy atom. The van der Waals surface area contributed by atoms with E-state index in [0.717, 1.165) is 25.7 Å². The molecule has 2 aromatic heterocycles. The molecule has 2 heterocycles. The maximum absolute atomic E-state index is 11.4. The average molecular weight is 221 g/mol. The number of hydrogen-bond donors (Lipinski definition) is 2. The fraction of sp³-hybridized carbons (Fsp3) is 0.500. The highest BCUT2D eigenvalue weighted by Gasteiger charge is 2.25. The van der Waals surface area contributed by atoms with Crippen LogP contribution >= 0.6 is 0 Å². The molecule has 2 aromatic rings. The first kappa shape index (κ1) is 9.38. The predicted octanol–water partition coefficient (Wildman–Crippen LogP) is 0.862. The van der Waals surface area contributed by atoms with Crippen molar-refractivity contribution in [3.63, 3.8) is 0 Å². The van der Waals surface area contributed by atoms with Crippen molar-refractivity contribution in [2.75, 3.05) is 0 Å². The normalized spacial score (nSPS) is 17.2. The van der Waals surface area contributed by atoms with Gasteiger partial charge in [-0.3, -0.25) is 9.78 Å². The lowest BCUT2D eigenvalue weighted by atomic mass is 10.0. The van der Waals surface area contributed by atoms with E-state index in [2.05, 4.69) is 15.1 Å². The number of H-pyrrole nitrogens is 2. The molecule has 1 saturated carbocycles. The first-order chi connectivity index (χ1) is 7.75. The second-order valence-corrected chi connectivity index (χ2v) is 4.16. The molecule has 0 bridgehead atoms. The average Bonchev–Trinajstić information content (AvgIpc) is 2.83. The van der Waals surface area contributed by atoms with Gasteiger partial charge in [0.1, 0.15) is 5.52 Å². The molecule has 2 N–H and O–H groups in total. The molecule has 0 radical (unpaired) electrons. The van der Waals surface area contributed by atoms with Gasteiger partial charge < -0.3 is 9.51 Å². The molecule has 0 aliphatic heterocycles. The third kappa shape index (κ3) is 1.30. The Morgan fingerprint density at radius 1 is 1.19 bits per heavy atom. The Balaban J connectivity index is 2.26. The van der Waals surface area contributed by atoms with Gasteiger partial charge in [-0.2, -0.15) is 0 Å². The molecular formula is C10H11N3O3. The van der Waals surface area contributed by atoms with Crippen LogP contribution in [0.1, 0.15) is 37.4 Å². The summed E-state index contributed by atoms with van der Waals surface area (Å²) in [6, 6.07) is 0. The lowest BCUT2D eigenvalue weighted by molar-refractivity contribution is 0.367. The SMILES string of the molecule is O=c1[nH]c(=O)c2noc(C3CCCC3)c2[nH]1. The highest BCUT2D eigenvalue weighted by atomic mass is 16.5. The van der Waals surface area contributed by atoms with Crippen molar-refractivity contribution in [2.45, 2.75) is 31.6 Å². The topological polar surface area (TPSA) is 91.8 Å². The van der Waals surface area contributed by atoms with Gasteiger partial charge in [-0.1, -0.05) is 18.0 Å². The van der Waals surface area contributed by atoms with Crippen LogP contribution in [-0.4, -0.2) is 15.1 Å². The largest absolute Gasteiger partial charge is 0.358 e. The fourth-order valence-corrected chi connectivity index (χ4v) is 2.35. The van der Waals surface area contributed by atoms with E-state index in [-0.39, 0.29) is 11.4 Å². The summed E-state index contributed by atoms with van der Waals surface area (Å²) in [5, 5.41) is 3.72. The predicted molar refractivity (Wildman–Crippen MR) is 56.5 cm³/mol. The minimum Gasteiger partial charge on any atom is -0.358 e. The summed E-state index contributed by atoms with van der Waals surface area (Å²) in [6.45, 7) is 0. The molecule has 84 valence electrons. The van der Waals surface area contributed by atoms with Gasteiger partial charge in [0, 0.05) is 5.92 Å². The third-order valence-corrected chi connectivity index (χ3v) is 3.13. The van der Waals surface area contributed by atoms with Gasteiger partial charge in [0.15, 0.2) is 11.3 Å². The van der Waals surface area contributed by atoms with Gasteiger partial charge in [-0.15, -0.1) is 0 Å². The Bertz CT molecular complexity index is 631. The molecule has 1 aliphatic rings. The van der Waals surface area contributed by atoms with Crippen LogP contribution in [0.4, 0.5) is 0 Å². The van der Waals surface area contributed by atoms with Crippen LogP contribution in [0.3, 0.4) is 0 Å². The van der Waals surface area contributed by atoms with Gasteiger partial charge in [0.25, 0.3) is 5.56 Å². The van der Waals surface area contributed by atoms with Crippen molar-refractivity contribution < 1.29 is 4.52 Å². The van der Waals surface area contributed by atoms with Gasteiger partial charge in [-0.25, -0.2) is 4.79 Å². The van der Waals surface area contributed by atoms with Crippen molar-refractivity contribution in [2.24, 2.45) is 0 Å². The summed E-state index contributed by atoms with van der Waals surface area (Å²) >= 11 is 0. The highest BCUT2D eigenvalue weighted by molar-refractivity contribution is 5.74. The highest BCUT2D eigenvalue weighted by Crippen LogP contribution is 2.36. The van der Waals surface area contributed by atoms with Gasteiger partial charge in [-0.05, 0) is 12.8 Å². The first-order valence-electron chi connectivity index (χ1n) is 5.37. The smallest absolute Gasteiger partial charge is 0.326 e. The monoisotopic (exact) mass is 221 g/mol. The molecule has 6 nitrogen and oxygen atoms in total. The number of nitrogens with one attached hydrogen (secondary N) is 2. The van der Waals surface area contributed by atoms with E-state index in [4.69, 9.17) is 4.52 Å². The molecule has 16 heavy (non-hydrogen) atoms. The van der Waals surface area contributed by atoms with E-state index >= 15 is 0 Å². The summed E-state index contributed by atoms with van der Waals surface area (Å²) in [5.74, 6) is 0.929. The number of fused-ring (bicyclic) bond motifs is 1. The van der Waals surface area contributed by atoms with Crippen LogP contribution in [0.15, 0.2) is 14.1 Å². The molecule has 0 amide bonds. The van der Waals surface area contributed by atoms with E-state index in [1.54, 1.807) is 0 Å². The lowest BCUT2D eigenvalue weighted by Crippen LogP contribution is -2.21. The Morgan fingerprint density at radius 2 is 1.94 bits per heavy atom. The summed E-state index contributed by atoms with van der Waals surface area (Å²) in [6.07, 6.45) is 4.36. The summed E-state index contributed by atoms with van der Waals surface area (Å²) < 4.78 is 5.19. The zero-order valence-electron chi connectivity index (χ0n) is 8.58. The number of rotatable bonds is 1. The second kappa shape index (κ2) is 3.33. The van der Waals surface area contributed by atoms with E-state index < -0.39 is 11.2 Å². The number of nitrogens with zero attached hydrogens (tertiary/aromatic N) is 1. The van der Waals surface area contributed by atoms with Crippen LogP contribution in [0.25, 0.3) is 11.0 Å². The maximum Gasteiger partial charge on any atom is 0.326 e. The first-order valence-corrected chi connectivity index (χ1v) is 5.37. The van der Waals surface area contributed by atoms with Crippen molar-refractivity contribution in [1.82, 2.24) is 15.1 Å². The molecule has 1 aliphatic carbocycles. The Labute approximate surface area is 89.7 Å². The molecule has 0 aromatic carbocycles. The summed E-state index contributed by atoms with van der Waals surface area (Å²) in [7, 11) is 0. The lowest BCUT2D eigenvalue weighted by Gasteiger charge is -2.02. The van der Waals surface area contributed by atoms with Crippen LogP contribution in [0.2, 0.25) is 0 Å². The zero-order valence-corrected chi connectivity index (χ0v) is 8.58. The molecule has 0 unspecified atom stereocenters. The van der Waals surface area contributed by atoms with Gasteiger partial charge in [0.2, 0.25) is 0 Å². The van der Waals surface area contributed by atoms with E-state index in [1.807, 2.05) is 0 Å². The van der Waals surface area contributed by atoms with E-state index in [9.17, 15) is 9.59 Å². The fourth-order valence-electron chi connectivity index (χ4n) is 2.35.